The van der Waals surface area contributed by atoms with E-state index in [1.807, 2.05) is 16.8 Å². The molecule has 5 nitrogen and oxygen atoms in total. The number of hydrogen-bond acceptors (Lipinski definition) is 5. The van der Waals surface area contributed by atoms with Crippen molar-refractivity contribution in [3.05, 3.63) is 52.7 Å². The van der Waals surface area contributed by atoms with E-state index in [-0.39, 0.29) is 11.4 Å². The molecule has 0 aliphatic rings. The molecule has 2 rings (SSSR count). The Labute approximate surface area is 146 Å². The summed E-state index contributed by atoms with van der Waals surface area (Å²) < 4.78 is 34.0. The highest BCUT2D eigenvalue weighted by Gasteiger charge is 2.19. The van der Waals surface area contributed by atoms with Crippen LogP contribution >= 0.6 is 11.3 Å². The number of anilines is 1. The summed E-state index contributed by atoms with van der Waals surface area (Å²) in [5.74, 6) is -1.53. The maximum atomic E-state index is 12.4. The van der Waals surface area contributed by atoms with Crippen molar-refractivity contribution in [2.24, 2.45) is 0 Å². The lowest BCUT2D eigenvalue weighted by atomic mass is 10.2. The van der Waals surface area contributed by atoms with E-state index in [0.717, 1.165) is 5.56 Å². The fourth-order valence-corrected chi connectivity index (χ4v) is 2.43. The standard InChI is InChI=1S/C17H15F2NO4S/c1-11(23-15(21)7-6-12-8-9-25-10-12)16(22)20-13-4-2-3-5-14(13)24-17(18)19/h2-11,17H,1H3,(H,20,22)/b7-6+/t11-/m0/s1. The monoisotopic (exact) mass is 367 g/mol. The zero-order valence-electron chi connectivity index (χ0n) is 13.1. The number of alkyl halides is 2. The van der Waals surface area contributed by atoms with Crippen LogP contribution in [0.25, 0.3) is 6.08 Å². The number of amides is 1. The fourth-order valence-electron chi connectivity index (χ4n) is 1.80. The van der Waals surface area contributed by atoms with Crippen LogP contribution in [0.2, 0.25) is 0 Å². The largest absolute Gasteiger partial charge is 0.449 e. The molecular weight excluding hydrogens is 352 g/mol. The summed E-state index contributed by atoms with van der Waals surface area (Å²) in [4.78, 5) is 23.8. The van der Waals surface area contributed by atoms with E-state index in [0.29, 0.717) is 0 Å². The van der Waals surface area contributed by atoms with Gasteiger partial charge in [-0.2, -0.15) is 20.1 Å². The second kappa shape index (κ2) is 8.93. The first-order chi connectivity index (χ1) is 12.0. The third-order valence-electron chi connectivity index (χ3n) is 2.98. The predicted octanol–water partition coefficient (Wildman–Crippen LogP) is 3.93. The zero-order chi connectivity index (χ0) is 18.2. The van der Waals surface area contributed by atoms with Gasteiger partial charge in [0, 0.05) is 6.08 Å². The number of ether oxygens (including phenoxy) is 2. The van der Waals surface area contributed by atoms with Gasteiger partial charge in [0.1, 0.15) is 5.75 Å². The number of hydrogen-bond donors (Lipinski definition) is 1. The van der Waals surface area contributed by atoms with E-state index in [4.69, 9.17) is 4.74 Å². The minimum atomic E-state index is -3.02. The van der Waals surface area contributed by atoms with Gasteiger partial charge in [0.15, 0.2) is 6.10 Å². The third kappa shape index (κ3) is 6.00. The molecule has 1 amide bonds. The van der Waals surface area contributed by atoms with Crippen LogP contribution in [0.4, 0.5) is 14.5 Å². The minimum absolute atomic E-state index is 0.0597. The smallest absolute Gasteiger partial charge is 0.387 e. The zero-order valence-corrected chi connectivity index (χ0v) is 14.0. The van der Waals surface area contributed by atoms with E-state index in [9.17, 15) is 18.4 Å². The first kappa shape index (κ1) is 18.6. The van der Waals surface area contributed by atoms with Crippen LogP contribution in [0, 0.1) is 0 Å². The molecule has 1 N–H and O–H groups in total. The number of halogens is 2. The second-order valence-corrected chi connectivity index (χ2v) is 5.61. The average Bonchev–Trinajstić information content (AvgIpc) is 3.07. The van der Waals surface area contributed by atoms with Gasteiger partial charge in [0.25, 0.3) is 5.91 Å². The molecule has 0 aliphatic heterocycles. The number of thiophene rings is 1. The molecule has 0 spiro atoms. The van der Waals surface area contributed by atoms with Crippen molar-refractivity contribution in [3.63, 3.8) is 0 Å². The van der Waals surface area contributed by atoms with Crippen LogP contribution in [0.15, 0.2) is 47.2 Å². The lowest BCUT2D eigenvalue weighted by molar-refractivity contribution is -0.148. The summed E-state index contributed by atoms with van der Waals surface area (Å²) in [5.41, 5.74) is 0.904. The van der Waals surface area contributed by atoms with E-state index >= 15 is 0 Å². The van der Waals surface area contributed by atoms with Crippen LogP contribution in [0.1, 0.15) is 12.5 Å². The molecule has 0 fully saturated rings. The van der Waals surface area contributed by atoms with Gasteiger partial charge in [-0.25, -0.2) is 4.79 Å². The average molecular weight is 367 g/mol. The molecular formula is C17H15F2NO4S. The van der Waals surface area contributed by atoms with E-state index in [2.05, 4.69) is 10.1 Å². The molecule has 1 atom stereocenters. The second-order valence-electron chi connectivity index (χ2n) is 4.83. The van der Waals surface area contributed by atoms with Crippen LogP contribution in [0.5, 0.6) is 5.75 Å². The van der Waals surface area contributed by atoms with Crippen LogP contribution in [0.3, 0.4) is 0 Å². The number of para-hydroxylation sites is 2. The molecule has 0 radical (unpaired) electrons. The molecule has 2 aromatic rings. The summed E-state index contributed by atoms with van der Waals surface area (Å²) >= 11 is 1.48. The molecule has 0 bridgehead atoms. The normalized spacial score (nSPS) is 12.2. The first-order valence-corrected chi connectivity index (χ1v) is 8.15. The minimum Gasteiger partial charge on any atom is -0.449 e. The Morgan fingerprint density at radius 2 is 2.00 bits per heavy atom. The first-order valence-electron chi connectivity index (χ1n) is 7.21. The topological polar surface area (TPSA) is 64.6 Å². The van der Waals surface area contributed by atoms with Gasteiger partial charge in [-0.3, -0.25) is 4.79 Å². The summed E-state index contributed by atoms with van der Waals surface area (Å²) in [6.07, 6.45) is 1.66. The summed E-state index contributed by atoms with van der Waals surface area (Å²) in [6, 6.07) is 7.56. The number of benzene rings is 1. The van der Waals surface area contributed by atoms with E-state index < -0.39 is 24.6 Å². The maximum absolute atomic E-state index is 12.4. The van der Waals surface area contributed by atoms with Gasteiger partial charge in [0.2, 0.25) is 0 Å². The molecule has 25 heavy (non-hydrogen) atoms. The van der Waals surface area contributed by atoms with Gasteiger partial charge in [0.05, 0.1) is 5.69 Å². The molecule has 0 aliphatic carbocycles. The van der Waals surface area contributed by atoms with Crippen LogP contribution in [-0.4, -0.2) is 24.6 Å². The van der Waals surface area contributed by atoms with Crippen molar-refractivity contribution in [3.8, 4) is 5.75 Å². The van der Waals surface area contributed by atoms with Crippen molar-refractivity contribution < 1.29 is 27.8 Å². The van der Waals surface area contributed by atoms with Gasteiger partial charge < -0.3 is 14.8 Å². The summed E-state index contributed by atoms with van der Waals surface area (Å²) in [7, 11) is 0. The summed E-state index contributed by atoms with van der Waals surface area (Å²) in [5, 5.41) is 6.10. The number of rotatable bonds is 7. The van der Waals surface area contributed by atoms with Crippen molar-refractivity contribution in [1.29, 1.82) is 0 Å². The number of carbonyl (C=O) groups excluding carboxylic acids is 2. The lowest BCUT2D eigenvalue weighted by Crippen LogP contribution is -2.29. The fraction of sp³-hybridized carbons (Fsp3) is 0.176. The Bertz CT molecular complexity index is 747. The molecule has 1 heterocycles. The highest BCUT2D eigenvalue weighted by molar-refractivity contribution is 7.08. The Hall–Kier alpha value is -2.74. The lowest BCUT2D eigenvalue weighted by Gasteiger charge is -2.15. The molecule has 8 heteroatoms. The maximum Gasteiger partial charge on any atom is 0.387 e. The molecule has 1 aromatic carbocycles. The number of esters is 1. The SMILES string of the molecule is C[C@H](OC(=O)/C=C/c1ccsc1)C(=O)Nc1ccccc1OC(F)F. The van der Waals surface area contributed by atoms with Crippen LogP contribution in [-0.2, 0) is 14.3 Å². The quantitative estimate of drug-likeness (QED) is 0.595. The highest BCUT2D eigenvalue weighted by atomic mass is 32.1. The molecule has 0 saturated carbocycles. The predicted molar refractivity (Wildman–Crippen MR) is 90.6 cm³/mol. The van der Waals surface area contributed by atoms with Crippen molar-refractivity contribution in [1.82, 2.24) is 0 Å². The number of carbonyl (C=O) groups is 2. The highest BCUT2D eigenvalue weighted by Crippen LogP contribution is 2.25. The van der Waals surface area contributed by atoms with E-state index in [1.165, 1.54) is 42.5 Å². The van der Waals surface area contributed by atoms with Gasteiger partial charge in [-0.15, -0.1) is 0 Å². The van der Waals surface area contributed by atoms with Gasteiger partial charge >= 0.3 is 12.6 Å². The van der Waals surface area contributed by atoms with Gasteiger partial charge in [-0.1, -0.05) is 12.1 Å². The third-order valence-corrected chi connectivity index (χ3v) is 3.68. The van der Waals surface area contributed by atoms with Crippen molar-refractivity contribution in [2.45, 2.75) is 19.6 Å². The molecule has 0 unspecified atom stereocenters. The van der Waals surface area contributed by atoms with Gasteiger partial charge in [-0.05, 0) is 47.5 Å². The number of nitrogens with one attached hydrogen (secondary N) is 1. The Morgan fingerprint density at radius 1 is 1.24 bits per heavy atom. The Morgan fingerprint density at radius 3 is 2.68 bits per heavy atom. The molecule has 132 valence electrons. The van der Waals surface area contributed by atoms with Crippen LogP contribution < -0.4 is 10.1 Å². The molecule has 0 saturated heterocycles. The summed E-state index contributed by atoms with van der Waals surface area (Å²) in [6.45, 7) is -1.64. The Balaban J connectivity index is 1.93. The van der Waals surface area contributed by atoms with Crippen molar-refractivity contribution in [2.75, 3.05) is 5.32 Å². The van der Waals surface area contributed by atoms with E-state index in [1.54, 1.807) is 12.1 Å². The Kier molecular flexibility index (Phi) is 6.64. The molecule has 1 aromatic heterocycles. The van der Waals surface area contributed by atoms with Crippen molar-refractivity contribution >= 4 is 35.0 Å².